The molecule has 430 valence electrons. The molecule has 0 amide bonds. The second-order valence-electron chi connectivity index (χ2n) is 20.9. The predicted molar refractivity (Wildman–Crippen MR) is 330 cm³/mol. The van der Waals surface area contributed by atoms with Crippen LogP contribution < -0.4 is 0 Å². The van der Waals surface area contributed by atoms with Gasteiger partial charge in [-0.15, -0.1) is 0 Å². The molecule has 0 unspecified atom stereocenters. The molecular weight excluding hydrogens is 1160 g/mol. The van der Waals surface area contributed by atoms with E-state index in [1.165, 1.54) is 43.1 Å². The van der Waals surface area contributed by atoms with E-state index in [4.69, 9.17) is 11.6 Å². The lowest BCUT2D eigenvalue weighted by molar-refractivity contribution is 0.604. The van der Waals surface area contributed by atoms with Crippen LogP contribution in [0.25, 0.3) is 0 Å². The van der Waals surface area contributed by atoms with E-state index < -0.39 is 0 Å². The smallest absolute Gasteiger partial charge is 0.159 e. The van der Waals surface area contributed by atoms with Crippen molar-refractivity contribution in [3.05, 3.63) is 212 Å². The summed E-state index contributed by atoms with van der Waals surface area (Å²) in [6.07, 6.45) is 22.7. The van der Waals surface area contributed by atoms with Crippen LogP contribution in [0.15, 0.2) is 144 Å². The van der Waals surface area contributed by atoms with Crippen LogP contribution >= 0.6 is 43.5 Å². The van der Waals surface area contributed by atoms with Crippen LogP contribution in [0.3, 0.4) is 0 Å². The highest BCUT2D eigenvalue weighted by molar-refractivity contribution is 9.10. The Kier molecular flexibility index (Phi) is 33.9. The maximum Gasteiger partial charge on any atom is 0.159 e. The van der Waals surface area contributed by atoms with Crippen LogP contribution in [0.1, 0.15) is 229 Å². The summed E-state index contributed by atoms with van der Waals surface area (Å²) < 4.78 is 26.5. The number of rotatable bonds is 9. The molecule has 1 saturated carbocycles. The highest BCUT2D eigenvalue weighted by atomic mass is 79.9. The average molecular weight is 1240 g/mol. The van der Waals surface area contributed by atoms with Crippen molar-refractivity contribution in [2.45, 2.75) is 177 Å². The van der Waals surface area contributed by atoms with Gasteiger partial charge >= 0.3 is 0 Å². The number of pyridine rings is 4. The molecule has 80 heavy (non-hydrogen) atoms. The van der Waals surface area contributed by atoms with Gasteiger partial charge in [0.25, 0.3) is 0 Å². The Balaban J connectivity index is 0.000000313. The van der Waals surface area contributed by atoms with Crippen LogP contribution in [0.5, 0.6) is 0 Å². The van der Waals surface area contributed by atoms with Crippen molar-refractivity contribution in [2.24, 2.45) is 0 Å². The molecule has 0 bridgehead atoms. The monoisotopic (exact) mass is 1240 g/mol. The molecule has 0 radical (unpaired) electrons. The van der Waals surface area contributed by atoms with Crippen LogP contribution in [-0.2, 0) is 0 Å². The fourth-order valence-corrected chi connectivity index (χ4v) is 6.90. The van der Waals surface area contributed by atoms with Crippen LogP contribution in [0.2, 0.25) is 5.02 Å². The van der Waals surface area contributed by atoms with E-state index in [1.807, 2.05) is 101 Å². The first-order valence-corrected chi connectivity index (χ1v) is 29.1. The van der Waals surface area contributed by atoms with Gasteiger partial charge in [0.2, 0.25) is 0 Å². The van der Waals surface area contributed by atoms with Crippen LogP contribution in [0.4, 0.5) is 8.78 Å². The van der Waals surface area contributed by atoms with E-state index in [-0.39, 0.29) is 17.6 Å². The van der Waals surface area contributed by atoms with Crippen molar-refractivity contribution in [1.29, 1.82) is 0 Å². The molecule has 17 heteroatoms. The summed E-state index contributed by atoms with van der Waals surface area (Å²) in [5.41, 5.74) is 5.53. The van der Waals surface area contributed by atoms with Crippen molar-refractivity contribution in [3.63, 3.8) is 0 Å². The van der Waals surface area contributed by atoms with Gasteiger partial charge < -0.3 is 0 Å². The Labute approximate surface area is 498 Å². The molecule has 0 saturated heterocycles. The zero-order valence-electron chi connectivity index (χ0n) is 49.6. The number of hydrogen-bond acceptors (Lipinski definition) is 12. The van der Waals surface area contributed by atoms with Crippen molar-refractivity contribution in [1.82, 2.24) is 59.8 Å². The van der Waals surface area contributed by atoms with Gasteiger partial charge in [-0.1, -0.05) is 128 Å². The molecule has 0 aliphatic heterocycles. The lowest BCUT2D eigenvalue weighted by Crippen LogP contribution is -1.97. The molecule has 1 aliphatic rings. The van der Waals surface area contributed by atoms with E-state index in [0.717, 1.165) is 60.1 Å². The van der Waals surface area contributed by atoms with Gasteiger partial charge in [0.15, 0.2) is 5.82 Å². The summed E-state index contributed by atoms with van der Waals surface area (Å²) in [7, 11) is 0. The van der Waals surface area contributed by atoms with Gasteiger partial charge in [-0.25, -0.2) is 48.7 Å². The predicted octanol–water partition coefficient (Wildman–Crippen LogP) is 18.6. The molecule has 0 aromatic carbocycles. The second-order valence-corrected chi connectivity index (χ2v) is 23.2. The van der Waals surface area contributed by atoms with E-state index in [9.17, 15) is 8.78 Å². The van der Waals surface area contributed by atoms with Gasteiger partial charge in [0.05, 0.1) is 33.8 Å². The molecule has 0 N–H and O–H groups in total. The standard InChI is InChI=1S/C10H14N2.C8H10BrN.C8H10ClN.C8H10FN.C8H11N.C7H9BrN2.C7H9FN2.C7H10N2/c1-7(2)10-11-5-9(6-12-10)8-3-4-8;1-6(2)8-4-3-7(9)5-10-8;1-6(2)8-7(9)4-3-5-10-8;1-6(2)8-4-3-7(9)5-10-8;1-7(2)8-5-3-4-6-9-8;2*1-5(2)7-9-3-6(8)4-10-7;1-6(2)7-8-4-3-5-9-7/h5-8H,3-4H2,1-2H3;3*3-6H,1-2H3;3-7H,1-2H3;2*3-5H,1-2H3;3-6H,1-2H3. The number of nitrogens with zero attached hydrogens (tertiary/aromatic N) is 12. The zero-order valence-corrected chi connectivity index (χ0v) is 53.5. The Morgan fingerprint density at radius 1 is 0.362 bits per heavy atom. The quantitative estimate of drug-likeness (QED) is 0.135. The van der Waals surface area contributed by atoms with Gasteiger partial charge in [0, 0.05) is 101 Å². The van der Waals surface area contributed by atoms with E-state index >= 15 is 0 Å². The maximum atomic E-state index is 12.3. The van der Waals surface area contributed by atoms with E-state index in [0.29, 0.717) is 47.2 Å². The summed E-state index contributed by atoms with van der Waals surface area (Å²) >= 11 is 12.5. The third kappa shape index (κ3) is 30.0. The molecule has 1 fully saturated rings. The Morgan fingerprint density at radius 2 is 0.762 bits per heavy atom. The van der Waals surface area contributed by atoms with Crippen molar-refractivity contribution in [3.8, 4) is 0 Å². The highest BCUT2D eigenvalue weighted by Gasteiger charge is 2.24. The molecule has 1 aliphatic carbocycles. The summed E-state index contributed by atoms with van der Waals surface area (Å²) in [6, 6.07) is 18.7. The lowest BCUT2D eigenvalue weighted by atomic mass is 10.1. The van der Waals surface area contributed by atoms with Gasteiger partial charge in [-0.05, 0) is 134 Å². The normalized spacial score (nSPS) is 11.3. The molecule has 8 aromatic rings. The second kappa shape index (κ2) is 38.6. The topological polar surface area (TPSA) is 155 Å². The first kappa shape index (κ1) is 70.1. The SMILES string of the molecule is CC(C)c1ccc(Br)cn1.CC(C)c1ccc(F)cn1.CC(C)c1ccccn1.CC(C)c1ncc(Br)cn1.CC(C)c1ncc(C2CC2)cn1.CC(C)c1ncc(F)cn1.CC(C)c1ncccc1Cl.CC(C)c1ncccn1. The molecule has 8 aromatic heterocycles. The Bertz CT molecular complexity index is 2560. The van der Waals surface area contributed by atoms with Crippen LogP contribution in [0, 0.1) is 11.6 Å². The first-order chi connectivity index (χ1) is 37.9. The van der Waals surface area contributed by atoms with Gasteiger partial charge in [-0.3, -0.25) is 19.9 Å². The molecule has 0 atom stereocenters. The first-order valence-electron chi connectivity index (χ1n) is 27.2. The Hall–Kier alpha value is -5.97. The minimum absolute atomic E-state index is 0.264. The number of halogens is 5. The highest BCUT2D eigenvalue weighted by Crippen LogP contribution is 2.39. The lowest BCUT2D eigenvalue weighted by Gasteiger charge is -2.04. The summed E-state index contributed by atoms with van der Waals surface area (Å²) in [6.45, 7) is 33.2. The molecule has 0 spiro atoms. The summed E-state index contributed by atoms with van der Waals surface area (Å²) in [4.78, 5) is 49.1. The minimum atomic E-state index is -0.385. The number of aromatic nitrogens is 12. The molecule has 12 nitrogen and oxygen atoms in total. The fraction of sp³-hybridized carbons (Fsp3) is 0.429. The minimum Gasteiger partial charge on any atom is -0.261 e. The fourth-order valence-electron chi connectivity index (χ4n) is 6.12. The van der Waals surface area contributed by atoms with E-state index in [2.05, 4.69) is 175 Å². The average Bonchev–Trinajstić information content (AvgIpc) is 4.30. The third-order valence-electron chi connectivity index (χ3n) is 11.0. The van der Waals surface area contributed by atoms with Gasteiger partial charge in [0.1, 0.15) is 29.1 Å². The van der Waals surface area contributed by atoms with Crippen LogP contribution in [-0.4, -0.2) is 59.8 Å². The van der Waals surface area contributed by atoms with Crippen molar-refractivity contribution in [2.75, 3.05) is 0 Å². The Morgan fingerprint density at radius 3 is 1.11 bits per heavy atom. The van der Waals surface area contributed by atoms with Crippen molar-refractivity contribution < 1.29 is 8.78 Å². The third-order valence-corrected chi connectivity index (χ3v) is 12.2. The van der Waals surface area contributed by atoms with Crippen molar-refractivity contribution >= 4 is 43.5 Å². The maximum absolute atomic E-state index is 12.3. The summed E-state index contributed by atoms with van der Waals surface area (Å²) in [5, 5.41) is 0.762. The molecule has 8 heterocycles. The van der Waals surface area contributed by atoms with Gasteiger partial charge in [-0.2, -0.15) is 0 Å². The van der Waals surface area contributed by atoms with E-state index in [1.54, 1.807) is 37.1 Å². The number of hydrogen-bond donors (Lipinski definition) is 0. The molecule has 9 rings (SSSR count). The zero-order chi connectivity index (χ0) is 59.7. The molecular formula is C63H83Br2ClF2N12. The largest absolute Gasteiger partial charge is 0.261 e. The summed E-state index contributed by atoms with van der Waals surface area (Å²) in [5.74, 6) is 6.97.